The summed E-state index contributed by atoms with van der Waals surface area (Å²) in [5.74, 6) is 0.455. The zero-order chi connectivity index (χ0) is 34.8. The third-order valence-electron chi connectivity index (χ3n) is 7.20. The Balaban J connectivity index is 1.43. The molecule has 0 unspecified atom stereocenters. The molecule has 0 radical (unpaired) electrons. The number of anilines is 3. The first-order valence-corrected chi connectivity index (χ1v) is 17.6. The minimum absolute atomic E-state index is 0.0571. The summed E-state index contributed by atoms with van der Waals surface area (Å²) in [6.07, 6.45) is 2.63. The van der Waals surface area contributed by atoms with Gasteiger partial charge in [-0.25, -0.2) is 23.0 Å². The van der Waals surface area contributed by atoms with Crippen LogP contribution < -0.4 is 25.8 Å². The number of pyridine rings is 1. The van der Waals surface area contributed by atoms with E-state index < -0.39 is 27.3 Å². The molecule has 4 N–H and O–H groups in total. The van der Waals surface area contributed by atoms with Crippen molar-refractivity contribution in [2.24, 2.45) is 0 Å². The maximum absolute atomic E-state index is 13.4. The lowest BCUT2D eigenvalue weighted by Gasteiger charge is -2.26. The number of nitrogens with one attached hydrogen (secondary N) is 2. The highest BCUT2D eigenvalue weighted by Gasteiger charge is 2.29. The zero-order valence-electron chi connectivity index (χ0n) is 27.2. The van der Waals surface area contributed by atoms with Crippen molar-refractivity contribution in [1.29, 1.82) is 0 Å². The molecule has 2 heterocycles. The summed E-state index contributed by atoms with van der Waals surface area (Å²) >= 11 is 1.27. The van der Waals surface area contributed by atoms with Gasteiger partial charge in [-0.2, -0.15) is 0 Å². The van der Waals surface area contributed by atoms with Gasteiger partial charge in [-0.05, 0) is 42.2 Å². The number of benzene rings is 3. The first-order valence-electron chi connectivity index (χ1n) is 14.8. The van der Waals surface area contributed by atoms with Crippen molar-refractivity contribution in [3.05, 3.63) is 77.4 Å². The first kappa shape index (κ1) is 34.1. The van der Waals surface area contributed by atoms with Crippen LogP contribution in [0.5, 0.6) is 17.2 Å². The molecule has 3 aromatic carbocycles. The average molecular weight is 690 g/mol. The van der Waals surface area contributed by atoms with Gasteiger partial charge < -0.3 is 30.6 Å². The SMILES string of the molecule is CCOC(=O)c1csc(-c2cc(Oc3ccc(NC(=O)Nc4cc(C(C)(C)C)c(N)c(S(C)(=O)=O)c4OC)c4ccccc34)ccn2)n1. The number of ether oxygens (including phenoxy) is 3. The molecule has 0 aliphatic carbocycles. The van der Waals surface area contributed by atoms with Crippen LogP contribution >= 0.6 is 11.3 Å². The van der Waals surface area contributed by atoms with Crippen molar-refractivity contribution in [3.8, 4) is 28.0 Å². The zero-order valence-corrected chi connectivity index (χ0v) is 28.8. The Hall–Kier alpha value is -5.21. The number of nitrogens with zero attached hydrogens (tertiary/aromatic N) is 2. The molecule has 48 heavy (non-hydrogen) atoms. The van der Waals surface area contributed by atoms with Gasteiger partial charge in [0.2, 0.25) is 0 Å². The van der Waals surface area contributed by atoms with E-state index in [4.69, 9.17) is 19.9 Å². The van der Waals surface area contributed by atoms with Crippen molar-refractivity contribution in [2.75, 3.05) is 36.3 Å². The van der Waals surface area contributed by atoms with Crippen LogP contribution in [0, 0.1) is 0 Å². The number of rotatable bonds is 9. The lowest BCUT2D eigenvalue weighted by molar-refractivity contribution is 0.0520. The molecule has 0 saturated heterocycles. The predicted molar refractivity (Wildman–Crippen MR) is 187 cm³/mol. The second kappa shape index (κ2) is 13.5. The molecule has 250 valence electrons. The van der Waals surface area contributed by atoms with E-state index in [1.807, 2.05) is 45.0 Å². The molecule has 12 nitrogen and oxygen atoms in total. The van der Waals surface area contributed by atoms with Gasteiger partial charge in [0.15, 0.2) is 21.3 Å². The molecule has 0 aliphatic heterocycles. The van der Waals surface area contributed by atoms with Crippen molar-refractivity contribution >= 4 is 61.0 Å². The molecule has 5 rings (SSSR count). The number of thiazole rings is 1. The van der Waals surface area contributed by atoms with Crippen molar-refractivity contribution in [2.45, 2.75) is 38.0 Å². The Kier molecular flexibility index (Phi) is 9.59. The Morgan fingerprint density at radius 3 is 2.38 bits per heavy atom. The normalized spacial score (nSPS) is 11.6. The number of hydrogen-bond donors (Lipinski definition) is 3. The highest BCUT2D eigenvalue weighted by Crippen LogP contribution is 2.43. The number of carbonyl (C=O) groups excluding carboxylic acids is 2. The number of amides is 2. The van der Waals surface area contributed by atoms with E-state index >= 15 is 0 Å². The fourth-order valence-corrected chi connectivity index (χ4v) is 6.89. The molecule has 2 aromatic heterocycles. The second-order valence-corrected chi connectivity index (χ2v) is 14.6. The van der Waals surface area contributed by atoms with Crippen LogP contribution in [0.4, 0.5) is 21.9 Å². The molecule has 0 aliphatic rings. The minimum Gasteiger partial charge on any atom is -0.493 e. The number of fused-ring (bicyclic) bond motifs is 1. The number of nitrogen functional groups attached to an aromatic ring is 1. The predicted octanol–water partition coefficient (Wildman–Crippen LogP) is 7.26. The maximum Gasteiger partial charge on any atom is 0.357 e. The Bertz CT molecular complexity index is 2140. The number of carbonyl (C=O) groups is 2. The lowest BCUT2D eigenvalue weighted by Crippen LogP contribution is -2.23. The standard InChI is InChI=1S/C34H35N5O7S2/c1-7-45-32(40)26-18-47-31(37-26)25-16-19(14-15-36-25)46-27-13-12-23(20-10-8-9-11-21(20)27)38-33(41)39-24-17-22(34(2,3)4)28(35)30(29(24)44-5)48(6,42)43/h8-18H,7,35H2,1-6H3,(H2,38,39,41). The highest BCUT2D eigenvalue weighted by molar-refractivity contribution is 7.91. The van der Waals surface area contributed by atoms with Gasteiger partial charge in [0.25, 0.3) is 0 Å². The number of aromatic nitrogens is 2. The van der Waals surface area contributed by atoms with Crippen LogP contribution in [0.25, 0.3) is 21.5 Å². The van der Waals surface area contributed by atoms with Crippen LogP contribution in [0.15, 0.2) is 71.1 Å². The number of sulfone groups is 1. The molecule has 0 fully saturated rings. The summed E-state index contributed by atoms with van der Waals surface area (Å²) in [6, 6.07) is 15.2. The molecule has 0 saturated carbocycles. The third kappa shape index (κ3) is 7.19. The van der Waals surface area contributed by atoms with Gasteiger partial charge in [0.1, 0.15) is 27.1 Å². The van der Waals surface area contributed by atoms with Crippen molar-refractivity contribution in [3.63, 3.8) is 0 Å². The van der Waals surface area contributed by atoms with Crippen LogP contribution in [0.1, 0.15) is 43.7 Å². The summed E-state index contributed by atoms with van der Waals surface area (Å²) < 4.78 is 42.3. The number of esters is 1. The number of hydrogen-bond acceptors (Lipinski definition) is 11. The van der Waals surface area contributed by atoms with Crippen LogP contribution in [-0.4, -0.2) is 50.4 Å². The van der Waals surface area contributed by atoms with E-state index in [1.54, 1.807) is 48.8 Å². The van der Waals surface area contributed by atoms with Gasteiger partial charge in [0, 0.05) is 34.7 Å². The van der Waals surface area contributed by atoms with Crippen LogP contribution in [0.3, 0.4) is 0 Å². The van der Waals surface area contributed by atoms with Crippen LogP contribution in [0.2, 0.25) is 0 Å². The summed E-state index contributed by atoms with van der Waals surface area (Å²) in [6.45, 7) is 7.66. The summed E-state index contributed by atoms with van der Waals surface area (Å²) in [7, 11) is -2.50. The molecular formula is C34H35N5O7S2. The van der Waals surface area contributed by atoms with E-state index in [1.165, 1.54) is 18.4 Å². The van der Waals surface area contributed by atoms with Gasteiger partial charge in [-0.15, -0.1) is 11.3 Å². The molecule has 5 aromatic rings. The van der Waals surface area contributed by atoms with E-state index in [0.717, 1.165) is 6.26 Å². The Morgan fingerprint density at radius 1 is 1.00 bits per heavy atom. The van der Waals surface area contributed by atoms with E-state index in [2.05, 4.69) is 20.6 Å². The summed E-state index contributed by atoms with van der Waals surface area (Å²) in [4.78, 5) is 34.0. The summed E-state index contributed by atoms with van der Waals surface area (Å²) in [5.41, 5.74) is 7.78. The molecule has 14 heteroatoms. The van der Waals surface area contributed by atoms with E-state index in [0.29, 0.717) is 44.2 Å². The molecular weight excluding hydrogens is 655 g/mol. The molecule has 2 amide bonds. The second-order valence-electron chi connectivity index (χ2n) is 11.7. The van der Waals surface area contributed by atoms with Crippen molar-refractivity contribution in [1.82, 2.24) is 9.97 Å². The molecule has 0 spiro atoms. The van der Waals surface area contributed by atoms with Gasteiger partial charge in [-0.1, -0.05) is 45.0 Å². The number of nitrogens with two attached hydrogens (primary N) is 1. The monoisotopic (exact) mass is 689 g/mol. The summed E-state index contributed by atoms with van der Waals surface area (Å²) in [5, 5.41) is 9.17. The van der Waals surface area contributed by atoms with Crippen molar-refractivity contribution < 1.29 is 32.2 Å². The minimum atomic E-state index is -3.82. The largest absolute Gasteiger partial charge is 0.493 e. The first-order chi connectivity index (χ1) is 22.7. The van der Waals surface area contributed by atoms with Gasteiger partial charge >= 0.3 is 12.0 Å². The third-order valence-corrected chi connectivity index (χ3v) is 9.22. The molecule has 0 atom stereocenters. The fraction of sp³-hybridized carbons (Fsp3) is 0.235. The Labute approximate surface area is 282 Å². The van der Waals surface area contributed by atoms with Crippen LogP contribution in [-0.2, 0) is 20.0 Å². The average Bonchev–Trinajstić information content (AvgIpc) is 3.53. The number of methoxy groups -OCH3 is 1. The van der Waals surface area contributed by atoms with Gasteiger partial charge in [0.05, 0.1) is 30.8 Å². The fourth-order valence-electron chi connectivity index (χ4n) is 5.09. The smallest absolute Gasteiger partial charge is 0.357 e. The Morgan fingerprint density at radius 2 is 1.71 bits per heavy atom. The number of urea groups is 1. The van der Waals surface area contributed by atoms with Gasteiger partial charge in [-0.3, -0.25) is 4.98 Å². The quantitative estimate of drug-likeness (QED) is 0.106. The highest BCUT2D eigenvalue weighted by atomic mass is 32.2. The molecule has 0 bridgehead atoms. The van der Waals surface area contributed by atoms with E-state index in [-0.39, 0.29) is 34.3 Å². The maximum atomic E-state index is 13.4. The van der Waals surface area contributed by atoms with E-state index in [9.17, 15) is 18.0 Å². The topological polar surface area (TPSA) is 172 Å². The lowest BCUT2D eigenvalue weighted by atomic mass is 9.85.